The number of fused-ring (bicyclic) bond motifs is 5. The number of amides is 2. The van der Waals surface area contributed by atoms with Crippen LogP contribution in [-0.4, -0.2) is 64.3 Å². The first-order valence-electron chi connectivity index (χ1n) is 10.1. The lowest BCUT2D eigenvalue weighted by Crippen LogP contribution is -2.66. The van der Waals surface area contributed by atoms with Crippen LogP contribution in [0, 0.1) is 0 Å². The summed E-state index contributed by atoms with van der Waals surface area (Å²) >= 11 is 3.42. The highest BCUT2D eigenvalue weighted by molar-refractivity contribution is 9.10. The number of anilines is 2. The van der Waals surface area contributed by atoms with Crippen LogP contribution in [0.15, 0.2) is 21.5 Å². The number of carbonyl (C=O) groups is 2. The molecule has 0 aromatic carbocycles. The van der Waals surface area contributed by atoms with Crippen LogP contribution in [0.1, 0.15) is 27.7 Å². The van der Waals surface area contributed by atoms with Crippen LogP contribution < -0.4 is 15.4 Å². The molecule has 0 spiro atoms. The minimum atomic E-state index is -0.632. The number of piperazine rings is 1. The van der Waals surface area contributed by atoms with Gasteiger partial charge in [-0.15, -0.1) is 0 Å². The van der Waals surface area contributed by atoms with Gasteiger partial charge in [-0.05, 0) is 55.8 Å². The maximum absolute atomic E-state index is 13.3. The van der Waals surface area contributed by atoms with E-state index in [4.69, 9.17) is 4.74 Å². The molecule has 2 aromatic rings. The third-order valence-electron chi connectivity index (χ3n) is 5.76. The van der Waals surface area contributed by atoms with Gasteiger partial charge in [-0.2, -0.15) is 0 Å². The summed E-state index contributed by atoms with van der Waals surface area (Å²) in [6, 6.07) is 2.77. The number of pyridine rings is 2. The second kappa shape index (κ2) is 7.22. The van der Waals surface area contributed by atoms with Gasteiger partial charge in [0.15, 0.2) is 0 Å². The Morgan fingerprint density at radius 1 is 1.16 bits per heavy atom. The van der Waals surface area contributed by atoms with Crippen LogP contribution in [0.25, 0.3) is 11.0 Å². The zero-order chi connectivity index (χ0) is 22.8. The zero-order valence-corrected chi connectivity index (χ0v) is 20.1. The fraction of sp³-hybridized carbons (Fsp3) is 0.524. The molecule has 0 radical (unpaired) electrons. The molecule has 2 aliphatic rings. The molecule has 2 aromatic heterocycles. The molecule has 0 saturated carbocycles. The Morgan fingerprint density at radius 3 is 2.48 bits per heavy atom. The number of aryl methyl sites for hydroxylation is 1. The Bertz CT molecular complexity index is 1160. The van der Waals surface area contributed by atoms with Gasteiger partial charge in [0.25, 0.3) is 11.5 Å². The van der Waals surface area contributed by atoms with Crippen molar-refractivity contribution in [3.8, 4) is 0 Å². The van der Waals surface area contributed by atoms with E-state index in [1.807, 2.05) is 38.7 Å². The van der Waals surface area contributed by atoms with Crippen molar-refractivity contribution in [2.24, 2.45) is 7.05 Å². The Labute approximate surface area is 188 Å². The van der Waals surface area contributed by atoms with Crippen molar-refractivity contribution < 1.29 is 14.3 Å². The Balaban J connectivity index is 1.86. The first kappa shape index (κ1) is 21.6. The summed E-state index contributed by atoms with van der Waals surface area (Å²) in [6.45, 7) is 7.90. The molecule has 0 bridgehead atoms. The minimum absolute atomic E-state index is 0.170. The number of aromatic nitrogens is 2. The van der Waals surface area contributed by atoms with Crippen molar-refractivity contribution in [1.82, 2.24) is 14.5 Å². The van der Waals surface area contributed by atoms with Gasteiger partial charge in [0.2, 0.25) is 0 Å². The number of carbonyl (C=O) groups excluding carboxylic acids is 2. The number of ether oxygens (including phenoxy) is 1. The first-order valence-corrected chi connectivity index (χ1v) is 10.9. The van der Waals surface area contributed by atoms with Crippen LogP contribution in [0.2, 0.25) is 0 Å². The maximum Gasteiger partial charge on any atom is 0.410 e. The molecule has 0 unspecified atom stereocenters. The summed E-state index contributed by atoms with van der Waals surface area (Å²) in [5.41, 5.74) is 1.35. The quantitative estimate of drug-likeness (QED) is 0.526. The molecule has 4 heterocycles. The summed E-state index contributed by atoms with van der Waals surface area (Å²) in [5, 5.41) is 0. The van der Waals surface area contributed by atoms with E-state index in [-0.39, 0.29) is 24.1 Å². The number of rotatable bonds is 0. The molecule has 4 rings (SSSR count). The molecule has 0 N–H and O–H groups in total. The largest absolute Gasteiger partial charge is 0.444 e. The van der Waals surface area contributed by atoms with E-state index in [1.165, 1.54) is 9.47 Å². The van der Waals surface area contributed by atoms with E-state index >= 15 is 0 Å². The van der Waals surface area contributed by atoms with E-state index in [2.05, 4.69) is 20.9 Å². The molecule has 1 saturated heterocycles. The smallest absolute Gasteiger partial charge is 0.410 e. The number of nitrogens with zero attached hydrogens (tertiary/aromatic N) is 5. The van der Waals surface area contributed by atoms with Crippen molar-refractivity contribution in [2.75, 3.05) is 29.9 Å². The van der Waals surface area contributed by atoms with Crippen LogP contribution in [-0.2, 0) is 16.6 Å². The van der Waals surface area contributed by atoms with Crippen molar-refractivity contribution in [3.05, 3.63) is 27.1 Å². The minimum Gasteiger partial charge on any atom is -0.444 e. The molecule has 10 heteroatoms. The topological polar surface area (TPSA) is 88.0 Å². The average Bonchev–Trinajstić information content (AvgIpc) is 2.67. The predicted molar refractivity (Wildman–Crippen MR) is 122 cm³/mol. The van der Waals surface area contributed by atoms with Crippen LogP contribution >= 0.6 is 15.9 Å². The molecule has 31 heavy (non-hydrogen) atoms. The Hall–Kier alpha value is -2.62. The Kier molecular flexibility index (Phi) is 5.03. The fourth-order valence-electron chi connectivity index (χ4n) is 4.27. The molecule has 9 nitrogen and oxygen atoms in total. The van der Waals surface area contributed by atoms with Gasteiger partial charge >= 0.3 is 6.09 Å². The van der Waals surface area contributed by atoms with Gasteiger partial charge < -0.3 is 24.0 Å². The lowest BCUT2D eigenvalue weighted by Gasteiger charge is -2.49. The Morgan fingerprint density at radius 2 is 1.84 bits per heavy atom. The van der Waals surface area contributed by atoms with Gasteiger partial charge in [-0.25, -0.2) is 9.78 Å². The lowest BCUT2D eigenvalue weighted by molar-refractivity contribution is -0.121. The zero-order valence-electron chi connectivity index (χ0n) is 18.5. The van der Waals surface area contributed by atoms with Gasteiger partial charge in [0.1, 0.15) is 27.5 Å². The van der Waals surface area contributed by atoms with E-state index in [0.29, 0.717) is 33.6 Å². The third-order valence-corrected chi connectivity index (χ3v) is 6.20. The molecule has 2 amide bonds. The van der Waals surface area contributed by atoms with Gasteiger partial charge in [-0.3, -0.25) is 9.59 Å². The van der Waals surface area contributed by atoms with Crippen molar-refractivity contribution in [2.45, 2.75) is 45.4 Å². The highest BCUT2D eigenvalue weighted by Gasteiger charge is 2.46. The van der Waals surface area contributed by atoms with Gasteiger partial charge in [0, 0.05) is 26.7 Å². The standard InChI is InChI=1S/C21H26BrN5O4/c1-11-9-27-13(10-26(11)20(30)31-21(2,3)4)18(28)25(6)17-16(27)15-12(24(5)19(17)29)7-8-14(22)23-15/h7-8,11,13H,9-10H2,1-6H3/t11-,13-/m1/s1. The summed E-state index contributed by atoms with van der Waals surface area (Å²) in [4.78, 5) is 48.8. The SMILES string of the molecule is C[C@@H]1CN2c3c(c(=O)n(C)c4ccc(Br)nc34)N(C)C(=O)[C@H]2CN1C(=O)OC(C)(C)C. The second-order valence-corrected chi connectivity index (χ2v) is 9.92. The predicted octanol–water partition coefficient (Wildman–Crippen LogP) is 2.49. The molecule has 1 fully saturated rings. The van der Waals surface area contributed by atoms with Crippen LogP contribution in [0.5, 0.6) is 0 Å². The van der Waals surface area contributed by atoms with Crippen LogP contribution in [0.3, 0.4) is 0 Å². The fourth-order valence-corrected chi connectivity index (χ4v) is 4.58. The highest BCUT2D eigenvalue weighted by atomic mass is 79.9. The van der Waals surface area contributed by atoms with Gasteiger partial charge in [-0.1, -0.05) is 0 Å². The number of halogens is 1. The molecule has 2 atom stereocenters. The average molecular weight is 492 g/mol. The molecular formula is C21H26BrN5O4. The molecule has 2 aliphatic heterocycles. The number of likely N-dealkylation sites (N-methyl/N-ethyl adjacent to an activating group) is 1. The van der Waals surface area contributed by atoms with Crippen LogP contribution in [0.4, 0.5) is 16.2 Å². The molecular weight excluding hydrogens is 466 g/mol. The van der Waals surface area contributed by atoms with E-state index in [0.717, 1.165) is 0 Å². The third kappa shape index (κ3) is 3.46. The van der Waals surface area contributed by atoms with Gasteiger partial charge in [0.05, 0.1) is 17.7 Å². The summed E-state index contributed by atoms with van der Waals surface area (Å²) in [7, 11) is 3.27. The lowest BCUT2D eigenvalue weighted by atomic mass is 10.0. The van der Waals surface area contributed by atoms with Crippen molar-refractivity contribution >= 4 is 50.3 Å². The monoisotopic (exact) mass is 491 g/mol. The maximum atomic E-state index is 13.3. The number of hydrogen-bond donors (Lipinski definition) is 0. The summed E-state index contributed by atoms with van der Waals surface area (Å²) in [6.07, 6.45) is -0.449. The highest BCUT2D eigenvalue weighted by Crippen LogP contribution is 2.40. The first-order chi connectivity index (χ1) is 14.4. The number of hydrogen-bond acceptors (Lipinski definition) is 6. The normalized spacial score (nSPS) is 21.3. The van der Waals surface area contributed by atoms with E-state index in [1.54, 1.807) is 25.1 Å². The summed E-state index contributed by atoms with van der Waals surface area (Å²) in [5.74, 6) is -0.237. The van der Waals surface area contributed by atoms with Crippen molar-refractivity contribution in [3.63, 3.8) is 0 Å². The summed E-state index contributed by atoms with van der Waals surface area (Å²) < 4.78 is 7.70. The van der Waals surface area contributed by atoms with E-state index in [9.17, 15) is 14.4 Å². The molecule has 166 valence electrons. The molecule has 0 aliphatic carbocycles. The van der Waals surface area contributed by atoms with E-state index < -0.39 is 17.7 Å². The van der Waals surface area contributed by atoms with Crippen molar-refractivity contribution in [1.29, 1.82) is 0 Å². The second-order valence-electron chi connectivity index (χ2n) is 9.11.